The van der Waals surface area contributed by atoms with Crippen LogP contribution in [0.4, 0.5) is 13.6 Å². The van der Waals surface area contributed by atoms with E-state index in [0.717, 1.165) is 35.1 Å². The van der Waals surface area contributed by atoms with Crippen LogP contribution >= 0.6 is 0 Å². The lowest BCUT2D eigenvalue weighted by molar-refractivity contribution is -0.148. The number of halogens is 2. The Morgan fingerprint density at radius 2 is 1.54 bits per heavy atom. The summed E-state index contributed by atoms with van der Waals surface area (Å²) >= 11 is 0. The van der Waals surface area contributed by atoms with Crippen LogP contribution in [-0.2, 0) is 14.3 Å². The Morgan fingerprint density at radius 1 is 0.943 bits per heavy atom. The maximum absolute atomic E-state index is 14.3. The van der Waals surface area contributed by atoms with E-state index in [4.69, 9.17) is 4.74 Å². The first kappa shape index (κ1) is 24.6. The van der Waals surface area contributed by atoms with Crippen molar-refractivity contribution in [3.63, 3.8) is 0 Å². The minimum absolute atomic E-state index is 0.0319. The number of rotatable bonds is 8. The van der Waals surface area contributed by atoms with Crippen LogP contribution in [-0.4, -0.2) is 48.7 Å². The Kier molecular flexibility index (Phi) is 7.33. The smallest absolute Gasteiger partial charge is 0.407 e. The number of benzene rings is 2. The molecule has 4 rings (SSSR count). The van der Waals surface area contributed by atoms with Gasteiger partial charge in [-0.3, -0.25) is 9.59 Å². The number of aliphatic carboxylic acids is 1. The van der Waals surface area contributed by atoms with Gasteiger partial charge < -0.3 is 20.5 Å². The second-order valence-corrected chi connectivity index (χ2v) is 9.08. The molecule has 2 aliphatic carbocycles. The average Bonchev–Trinajstić information content (AvgIpc) is 3.18. The van der Waals surface area contributed by atoms with Crippen LogP contribution in [0.1, 0.15) is 42.7 Å². The van der Waals surface area contributed by atoms with E-state index in [-0.39, 0.29) is 19.1 Å². The van der Waals surface area contributed by atoms with Crippen molar-refractivity contribution >= 4 is 18.0 Å². The van der Waals surface area contributed by atoms with Gasteiger partial charge >= 0.3 is 18.0 Å². The van der Waals surface area contributed by atoms with Crippen LogP contribution in [0.15, 0.2) is 48.5 Å². The van der Waals surface area contributed by atoms with Crippen molar-refractivity contribution in [3.05, 3.63) is 59.7 Å². The van der Waals surface area contributed by atoms with Crippen molar-refractivity contribution in [1.82, 2.24) is 10.6 Å². The Hall–Kier alpha value is -3.49. The maximum atomic E-state index is 14.3. The molecule has 0 spiro atoms. The van der Waals surface area contributed by atoms with Crippen LogP contribution in [0.3, 0.4) is 0 Å². The molecule has 2 aliphatic rings. The summed E-state index contributed by atoms with van der Waals surface area (Å²) in [4.78, 5) is 35.5. The van der Waals surface area contributed by atoms with E-state index in [0.29, 0.717) is 12.8 Å². The van der Waals surface area contributed by atoms with E-state index in [2.05, 4.69) is 5.32 Å². The van der Waals surface area contributed by atoms with Crippen molar-refractivity contribution < 1.29 is 33.0 Å². The second-order valence-electron chi connectivity index (χ2n) is 9.08. The summed E-state index contributed by atoms with van der Waals surface area (Å²) in [5, 5.41) is 13.4. The zero-order valence-electron chi connectivity index (χ0n) is 19.1. The molecule has 7 nitrogen and oxygen atoms in total. The van der Waals surface area contributed by atoms with Crippen LogP contribution in [0.2, 0.25) is 0 Å². The SMILES string of the molecule is O=C(NCC(F)(F)C(=O)NC[C@@H]1CCCC[C@@H]1C(=O)O)OCC1c2ccccc2-c2ccccc21. The largest absolute Gasteiger partial charge is 0.481 e. The molecule has 1 fully saturated rings. The third-order valence-electron chi connectivity index (χ3n) is 6.88. The van der Waals surface area contributed by atoms with Crippen molar-refractivity contribution in [3.8, 4) is 11.1 Å². The summed E-state index contributed by atoms with van der Waals surface area (Å²) in [6, 6.07) is 15.5. The highest BCUT2D eigenvalue weighted by Gasteiger charge is 2.40. The molecule has 186 valence electrons. The lowest BCUT2D eigenvalue weighted by atomic mass is 9.79. The summed E-state index contributed by atoms with van der Waals surface area (Å²) in [5.74, 6) is -7.65. The van der Waals surface area contributed by atoms with Gasteiger partial charge in [0.2, 0.25) is 0 Å². The quantitative estimate of drug-likeness (QED) is 0.520. The van der Waals surface area contributed by atoms with Gasteiger partial charge in [0.25, 0.3) is 5.91 Å². The highest BCUT2D eigenvalue weighted by molar-refractivity contribution is 5.84. The number of carbonyl (C=O) groups is 3. The molecule has 2 aromatic rings. The molecule has 0 aliphatic heterocycles. The zero-order chi connectivity index (χ0) is 25.0. The number of hydrogen-bond acceptors (Lipinski definition) is 4. The summed E-state index contributed by atoms with van der Waals surface area (Å²) in [6.45, 7) is -1.39. The van der Waals surface area contributed by atoms with Crippen LogP contribution in [0.5, 0.6) is 0 Å². The summed E-state index contributed by atoms with van der Waals surface area (Å²) in [6.07, 6.45) is 1.54. The van der Waals surface area contributed by atoms with E-state index >= 15 is 0 Å². The number of hydrogen-bond donors (Lipinski definition) is 3. The summed E-state index contributed by atoms with van der Waals surface area (Å²) in [5.41, 5.74) is 4.08. The third kappa shape index (κ3) is 5.44. The lowest BCUT2D eigenvalue weighted by Gasteiger charge is -2.29. The van der Waals surface area contributed by atoms with Crippen molar-refractivity contribution in [2.45, 2.75) is 37.5 Å². The van der Waals surface area contributed by atoms with Gasteiger partial charge in [0, 0.05) is 12.5 Å². The van der Waals surface area contributed by atoms with Crippen LogP contribution in [0, 0.1) is 11.8 Å². The minimum Gasteiger partial charge on any atom is -0.481 e. The van der Waals surface area contributed by atoms with Gasteiger partial charge in [0.15, 0.2) is 0 Å². The van der Waals surface area contributed by atoms with E-state index < -0.39 is 42.3 Å². The van der Waals surface area contributed by atoms with Gasteiger partial charge in [-0.05, 0) is 41.0 Å². The van der Waals surface area contributed by atoms with E-state index in [1.165, 1.54) is 0 Å². The highest BCUT2D eigenvalue weighted by atomic mass is 19.3. The van der Waals surface area contributed by atoms with Crippen LogP contribution in [0.25, 0.3) is 11.1 Å². The predicted octanol–water partition coefficient (Wildman–Crippen LogP) is 4.17. The number of carboxylic acids is 1. The van der Waals surface area contributed by atoms with Gasteiger partial charge in [0.1, 0.15) is 6.61 Å². The third-order valence-corrected chi connectivity index (χ3v) is 6.88. The van der Waals surface area contributed by atoms with Crippen molar-refractivity contribution in [1.29, 1.82) is 0 Å². The van der Waals surface area contributed by atoms with Gasteiger partial charge in [0.05, 0.1) is 12.5 Å². The standard InChI is InChI=1S/C26H28F2N2O5/c27-26(28,24(33)29-13-16-7-1-2-8-17(16)23(31)32)15-30-25(34)35-14-22-20-11-5-3-9-18(20)19-10-4-6-12-21(19)22/h3-6,9-12,16-17,22H,1-2,7-8,13-15H2,(H,29,33)(H,30,34)(H,31,32)/t16-,17-/m0/s1. The van der Waals surface area contributed by atoms with Crippen molar-refractivity contribution in [2.24, 2.45) is 11.8 Å². The molecule has 3 N–H and O–H groups in total. The number of carboxylic acid groups (broad SMARTS) is 1. The van der Waals surface area contributed by atoms with Gasteiger partial charge in [-0.25, -0.2) is 4.79 Å². The van der Waals surface area contributed by atoms with Gasteiger partial charge in [-0.2, -0.15) is 8.78 Å². The zero-order valence-corrected chi connectivity index (χ0v) is 19.1. The number of amides is 2. The normalized spacial score (nSPS) is 19.4. The number of alkyl halides is 2. The van der Waals surface area contributed by atoms with E-state index in [1.54, 1.807) is 0 Å². The Balaban J connectivity index is 1.27. The highest BCUT2D eigenvalue weighted by Crippen LogP contribution is 2.44. The minimum atomic E-state index is -3.86. The molecule has 0 heterocycles. The summed E-state index contributed by atoms with van der Waals surface area (Å²) in [7, 11) is 0. The van der Waals surface area contributed by atoms with E-state index in [9.17, 15) is 28.3 Å². The monoisotopic (exact) mass is 486 g/mol. The number of fused-ring (bicyclic) bond motifs is 3. The average molecular weight is 487 g/mol. The lowest BCUT2D eigenvalue weighted by Crippen LogP contribution is -2.50. The topological polar surface area (TPSA) is 105 Å². The molecular weight excluding hydrogens is 458 g/mol. The first-order valence-electron chi connectivity index (χ1n) is 11.8. The Labute approximate surface area is 201 Å². The molecule has 0 unspecified atom stereocenters. The molecule has 2 atom stereocenters. The molecule has 1 saturated carbocycles. The molecule has 35 heavy (non-hydrogen) atoms. The first-order chi connectivity index (χ1) is 16.8. The fraction of sp³-hybridized carbons (Fsp3) is 0.423. The molecule has 0 radical (unpaired) electrons. The fourth-order valence-corrected chi connectivity index (χ4v) is 5.04. The Morgan fingerprint density at radius 3 is 2.17 bits per heavy atom. The molecule has 0 bridgehead atoms. The van der Waals surface area contributed by atoms with E-state index in [1.807, 2.05) is 53.8 Å². The fourth-order valence-electron chi connectivity index (χ4n) is 5.04. The number of alkyl carbamates (subject to hydrolysis) is 1. The predicted molar refractivity (Wildman–Crippen MR) is 124 cm³/mol. The summed E-state index contributed by atoms with van der Waals surface area (Å²) < 4.78 is 33.9. The molecular formula is C26H28F2N2O5. The number of nitrogens with one attached hydrogen (secondary N) is 2. The van der Waals surface area contributed by atoms with Gasteiger partial charge in [-0.15, -0.1) is 0 Å². The maximum Gasteiger partial charge on any atom is 0.407 e. The molecule has 0 aromatic heterocycles. The second kappa shape index (κ2) is 10.4. The molecule has 2 amide bonds. The molecule has 0 saturated heterocycles. The molecule has 9 heteroatoms. The van der Waals surface area contributed by atoms with Gasteiger partial charge in [-0.1, -0.05) is 61.4 Å². The number of carbonyl (C=O) groups excluding carboxylic acids is 2. The van der Waals surface area contributed by atoms with Crippen molar-refractivity contribution in [2.75, 3.05) is 19.7 Å². The van der Waals surface area contributed by atoms with Crippen LogP contribution < -0.4 is 10.6 Å². The first-order valence-corrected chi connectivity index (χ1v) is 11.8. The number of ether oxygens (including phenoxy) is 1. The Bertz CT molecular complexity index is 1060. The molecule has 2 aromatic carbocycles.